The first-order valence-electron chi connectivity index (χ1n) is 24.0. The van der Waals surface area contributed by atoms with Gasteiger partial charge in [-0.05, 0) is 136 Å². The molecule has 2 heteroatoms. The van der Waals surface area contributed by atoms with Gasteiger partial charge in [0, 0.05) is 22.1 Å². The third-order valence-electron chi connectivity index (χ3n) is 15.4. The number of rotatable bonds is 5. The summed E-state index contributed by atoms with van der Waals surface area (Å²) in [5, 5.41) is 9.98. The van der Waals surface area contributed by atoms with Gasteiger partial charge in [-0.15, -0.1) is 0 Å². The summed E-state index contributed by atoms with van der Waals surface area (Å²) in [5.41, 5.74) is 18.9. The number of benzene rings is 12. The Balaban J connectivity index is 1.12. The van der Waals surface area contributed by atoms with E-state index in [0.717, 1.165) is 28.3 Å². The molecule has 0 aliphatic heterocycles. The van der Waals surface area contributed by atoms with Gasteiger partial charge in [-0.3, -0.25) is 0 Å². The van der Waals surface area contributed by atoms with Crippen molar-refractivity contribution in [2.24, 2.45) is 0 Å². The zero-order valence-electron chi connectivity index (χ0n) is 37.6. The van der Waals surface area contributed by atoms with Crippen molar-refractivity contribution in [3.63, 3.8) is 0 Å². The molecule has 0 bridgehead atoms. The first kappa shape index (κ1) is 38.2. The van der Waals surface area contributed by atoms with E-state index in [9.17, 15) is 0 Å². The Morgan fingerprint density at radius 1 is 0.275 bits per heavy atom. The maximum atomic E-state index is 2.57. The lowest BCUT2D eigenvalue weighted by atomic mass is 9.70. The van der Waals surface area contributed by atoms with Gasteiger partial charge in [-0.25, -0.2) is 0 Å². The number of hydrogen-bond acceptors (Lipinski definition) is 1. The second kappa shape index (κ2) is 14.5. The van der Waals surface area contributed by atoms with Gasteiger partial charge in [0.25, 0.3) is 0 Å². The number of nitrogens with zero attached hydrogens (tertiary/aromatic N) is 2. The van der Waals surface area contributed by atoms with Gasteiger partial charge in [-0.2, -0.15) is 0 Å². The smallest absolute Gasteiger partial charge is 0.0726 e. The van der Waals surface area contributed by atoms with Crippen LogP contribution in [0.3, 0.4) is 0 Å². The maximum Gasteiger partial charge on any atom is 0.0726 e. The standard InChI is InChI=1S/C67H42N2/c1-2-19-43(20-3-1)44-21-18-22-45(39-44)68(46-37-38-51-49-25-5-4-23-47(49)48-24-6-7-26-50(48)57(51)40-46)66-42-62-58(41-65(66)69-63-35-16-11-30-55(63)56-31-12-17-36-64(56)69)54-29-10-15-34-61(54)67(62)59-32-13-8-27-52(59)53-28-9-14-33-60(53)67/h1-42H. The molecule has 0 atom stereocenters. The average Bonchev–Trinajstić information content (AvgIpc) is 4.03. The highest BCUT2D eigenvalue weighted by atomic mass is 15.2. The Hall–Kier alpha value is -8.98. The first-order valence-corrected chi connectivity index (χ1v) is 24.0. The summed E-state index contributed by atoms with van der Waals surface area (Å²) in [5.74, 6) is 0. The van der Waals surface area contributed by atoms with Gasteiger partial charge >= 0.3 is 0 Å². The lowest BCUT2D eigenvalue weighted by Crippen LogP contribution is -2.26. The van der Waals surface area contributed by atoms with Crippen molar-refractivity contribution in [3.05, 3.63) is 277 Å². The van der Waals surface area contributed by atoms with Crippen molar-refractivity contribution < 1.29 is 0 Å². The molecule has 13 aromatic rings. The monoisotopic (exact) mass is 874 g/mol. The van der Waals surface area contributed by atoms with Gasteiger partial charge in [0.1, 0.15) is 0 Å². The molecule has 1 aromatic heterocycles. The van der Waals surface area contributed by atoms with E-state index < -0.39 is 5.41 Å². The van der Waals surface area contributed by atoms with Crippen LogP contribution in [0, 0.1) is 0 Å². The van der Waals surface area contributed by atoms with Crippen molar-refractivity contribution in [1.82, 2.24) is 4.57 Å². The fraction of sp³-hybridized carbons (Fsp3) is 0.0149. The van der Waals surface area contributed by atoms with E-state index >= 15 is 0 Å². The number of aromatic nitrogens is 1. The predicted octanol–water partition coefficient (Wildman–Crippen LogP) is 17.7. The molecule has 69 heavy (non-hydrogen) atoms. The molecule has 2 aliphatic carbocycles. The van der Waals surface area contributed by atoms with E-state index in [1.54, 1.807) is 0 Å². The van der Waals surface area contributed by atoms with Crippen molar-refractivity contribution in [3.8, 4) is 39.1 Å². The fourth-order valence-corrected chi connectivity index (χ4v) is 12.6. The molecular weight excluding hydrogens is 833 g/mol. The second-order valence-corrected chi connectivity index (χ2v) is 18.7. The normalized spacial score (nSPS) is 13.0. The molecule has 0 saturated carbocycles. The molecule has 1 heterocycles. The number of anilines is 3. The Kier molecular flexibility index (Phi) is 8.02. The topological polar surface area (TPSA) is 8.17 Å². The van der Waals surface area contributed by atoms with Crippen LogP contribution in [0.1, 0.15) is 22.3 Å². The molecule has 2 aliphatic rings. The van der Waals surface area contributed by atoms with Crippen LogP contribution in [0.2, 0.25) is 0 Å². The molecule has 15 rings (SSSR count). The summed E-state index contributed by atoms with van der Waals surface area (Å²) in [6, 6.07) is 95.2. The van der Waals surface area contributed by atoms with Crippen LogP contribution in [0.15, 0.2) is 255 Å². The minimum Gasteiger partial charge on any atom is -0.308 e. The molecule has 2 nitrogen and oxygen atoms in total. The number of para-hydroxylation sites is 2. The van der Waals surface area contributed by atoms with Crippen LogP contribution in [-0.4, -0.2) is 4.57 Å². The Labute approximate surface area is 400 Å². The zero-order valence-corrected chi connectivity index (χ0v) is 37.6. The van der Waals surface area contributed by atoms with Crippen molar-refractivity contribution in [1.29, 1.82) is 0 Å². The lowest BCUT2D eigenvalue weighted by Gasteiger charge is -2.33. The summed E-state index contributed by atoms with van der Waals surface area (Å²) < 4.78 is 2.53. The van der Waals surface area contributed by atoms with Crippen LogP contribution in [0.25, 0.3) is 93.2 Å². The molecule has 0 N–H and O–H groups in total. The highest BCUT2D eigenvalue weighted by Gasteiger charge is 2.52. The quantitative estimate of drug-likeness (QED) is 0.156. The van der Waals surface area contributed by atoms with Crippen molar-refractivity contribution >= 4 is 71.2 Å². The predicted molar refractivity (Wildman–Crippen MR) is 290 cm³/mol. The molecule has 1 spiro atoms. The van der Waals surface area contributed by atoms with Gasteiger partial charge in [-0.1, -0.05) is 206 Å². The lowest BCUT2D eigenvalue weighted by molar-refractivity contribution is 0.793. The summed E-state index contributed by atoms with van der Waals surface area (Å²) in [4.78, 5) is 2.55. The molecule has 0 unspecified atom stereocenters. The summed E-state index contributed by atoms with van der Waals surface area (Å²) >= 11 is 0. The van der Waals surface area contributed by atoms with Crippen LogP contribution < -0.4 is 4.90 Å². The molecule has 320 valence electrons. The van der Waals surface area contributed by atoms with Gasteiger partial charge in [0.05, 0.1) is 27.8 Å². The van der Waals surface area contributed by atoms with E-state index in [1.165, 1.54) is 104 Å². The largest absolute Gasteiger partial charge is 0.308 e. The zero-order chi connectivity index (χ0) is 45.2. The highest BCUT2D eigenvalue weighted by Crippen LogP contribution is 2.64. The van der Waals surface area contributed by atoms with Crippen LogP contribution >= 0.6 is 0 Å². The van der Waals surface area contributed by atoms with Gasteiger partial charge in [0.15, 0.2) is 0 Å². The molecule has 0 amide bonds. The fourth-order valence-electron chi connectivity index (χ4n) is 12.6. The van der Waals surface area contributed by atoms with Crippen molar-refractivity contribution in [2.45, 2.75) is 5.41 Å². The maximum absolute atomic E-state index is 2.57. The molecule has 0 fully saturated rings. The van der Waals surface area contributed by atoms with E-state index in [0.29, 0.717) is 0 Å². The van der Waals surface area contributed by atoms with Crippen LogP contribution in [0.4, 0.5) is 17.1 Å². The van der Waals surface area contributed by atoms with Crippen molar-refractivity contribution in [2.75, 3.05) is 4.90 Å². The third-order valence-corrected chi connectivity index (χ3v) is 15.4. The van der Waals surface area contributed by atoms with Crippen LogP contribution in [-0.2, 0) is 5.41 Å². The van der Waals surface area contributed by atoms with E-state index in [2.05, 4.69) is 264 Å². The summed E-state index contributed by atoms with van der Waals surface area (Å²) in [6.07, 6.45) is 0. The minimum atomic E-state index is -0.538. The summed E-state index contributed by atoms with van der Waals surface area (Å²) in [6.45, 7) is 0. The average molecular weight is 875 g/mol. The molecular formula is C67H42N2. The molecule has 0 radical (unpaired) electrons. The Morgan fingerprint density at radius 3 is 1.32 bits per heavy atom. The Morgan fingerprint density at radius 2 is 0.725 bits per heavy atom. The van der Waals surface area contributed by atoms with Gasteiger partial charge < -0.3 is 9.47 Å². The summed E-state index contributed by atoms with van der Waals surface area (Å²) in [7, 11) is 0. The number of fused-ring (bicyclic) bond motifs is 19. The minimum absolute atomic E-state index is 0.538. The third kappa shape index (κ3) is 5.26. The van der Waals surface area contributed by atoms with E-state index in [-0.39, 0.29) is 0 Å². The first-order chi connectivity index (χ1) is 34.3. The molecule has 0 saturated heterocycles. The van der Waals surface area contributed by atoms with Crippen LogP contribution in [0.5, 0.6) is 0 Å². The second-order valence-electron chi connectivity index (χ2n) is 18.7. The van der Waals surface area contributed by atoms with Gasteiger partial charge in [0.2, 0.25) is 0 Å². The highest BCUT2D eigenvalue weighted by molar-refractivity contribution is 6.26. The number of hydrogen-bond donors (Lipinski definition) is 0. The van der Waals surface area contributed by atoms with E-state index in [1.807, 2.05) is 0 Å². The Bertz CT molecular complexity index is 4140. The molecule has 12 aromatic carbocycles. The SMILES string of the molecule is c1ccc(-c2cccc(N(c3ccc4c5ccccc5c5ccccc5c4c3)c3cc4c(cc3-n3c5ccccc5c5ccccc53)-c3ccccc3C43c4ccccc4-c4ccccc43)c2)cc1. The van der Waals surface area contributed by atoms with E-state index in [4.69, 9.17) is 0 Å².